The molecule has 2 saturated heterocycles. The normalized spacial score (nSPS) is 31.2. The van der Waals surface area contributed by atoms with E-state index in [1.807, 2.05) is 27.7 Å². The summed E-state index contributed by atoms with van der Waals surface area (Å²) in [5.41, 5.74) is -1.34. The molecule has 0 bridgehead atoms. The van der Waals surface area contributed by atoms with Crippen LogP contribution in [0.15, 0.2) is 0 Å². The number of cyclic esters (lactones) is 2. The summed E-state index contributed by atoms with van der Waals surface area (Å²) in [7, 11) is 0. The van der Waals surface area contributed by atoms with Crippen molar-refractivity contribution in [2.24, 2.45) is 22.7 Å². The van der Waals surface area contributed by atoms with E-state index < -0.39 is 23.2 Å². The van der Waals surface area contributed by atoms with E-state index in [2.05, 4.69) is 0 Å². The monoisotopic (exact) mass is 416 g/mol. The van der Waals surface area contributed by atoms with Crippen molar-refractivity contribution >= 4 is 11.9 Å². The molecule has 0 spiro atoms. The number of ether oxygens (including phenoxy) is 2. The van der Waals surface area contributed by atoms with E-state index in [-0.39, 0.29) is 36.6 Å². The van der Waals surface area contributed by atoms with Gasteiger partial charge in [-0.2, -0.15) is 0 Å². The number of carbonyl (C=O) groups excluding carboxylic acids is 2. The zero-order chi connectivity index (χ0) is 21.7. The van der Waals surface area contributed by atoms with Crippen molar-refractivity contribution in [3.63, 3.8) is 0 Å². The molecule has 0 aromatic heterocycles. The van der Waals surface area contributed by atoms with Crippen molar-refractivity contribution < 1.29 is 27.8 Å². The third kappa shape index (κ3) is 5.91. The largest absolute Gasteiger partial charge is 0.465 e. The second-order valence-electron chi connectivity index (χ2n) is 9.56. The van der Waals surface area contributed by atoms with E-state index in [1.54, 1.807) is 0 Å². The summed E-state index contributed by atoms with van der Waals surface area (Å²) in [6.45, 7) is 8.58. The van der Waals surface area contributed by atoms with Gasteiger partial charge in [-0.1, -0.05) is 27.7 Å². The van der Waals surface area contributed by atoms with Crippen molar-refractivity contribution in [1.82, 2.24) is 0 Å². The first-order chi connectivity index (χ1) is 13.7. The molecule has 2 aliphatic heterocycles. The Labute approximate surface area is 174 Å². The molecule has 2 rings (SSSR count). The fraction of sp³-hybridized carbons (Fsp3) is 0.913. The van der Waals surface area contributed by atoms with E-state index in [4.69, 9.17) is 9.47 Å². The molecule has 0 N–H and O–H groups in total. The van der Waals surface area contributed by atoms with Crippen LogP contribution in [0.3, 0.4) is 0 Å². The molecule has 6 heteroatoms. The van der Waals surface area contributed by atoms with Crippen LogP contribution in [0.4, 0.5) is 8.78 Å². The fourth-order valence-corrected chi connectivity index (χ4v) is 5.26. The molecule has 2 aliphatic rings. The Kier molecular flexibility index (Phi) is 8.48. The van der Waals surface area contributed by atoms with Crippen LogP contribution >= 0.6 is 0 Å². The van der Waals surface area contributed by atoms with E-state index in [0.717, 1.165) is 6.42 Å². The minimum atomic E-state index is -1.06. The van der Waals surface area contributed by atoms with Crippen molar-refractivity contribution in [3.8, 4) is 0 Å². The van der Waals surface area contributed by atoms with Crippen LogP contribution in [-0.2, 0) is 19.1 Å². The summed E-state index contributed by atoms with van der Waals surface area (Å²) >= 11 is 0. The third-order valence-corrected chi connectivity index (χ3v) is 7.19. The lowest BCUT2D eigenvalue weighted by molar-refractivity contribution is -0.148. The van der Waals surface area contributed by atoms with Gasteiger partial charge >= 0.3 is 11.9 Å². The van der Waals surface area contributed by atoms with Crippen molar-refractivity contribution in [1.29, 1.82) is 0 Å². The Bertz CT molecular complexity index is 521. The number of alkyl halides is 2. The maximum Gasteiger partial charge on any atom is 0.312 e. The van der Waals surface area contributed by atoms with E-state index in [0.29, 0.717) is 51.7 Å². The van der Waals surface area contributed by atoms with Crippen LogP contribution in [0.2, 0.25) is 0 Å². The maximum atomic E-state index is 14.7. The van der Waals surface area contributed by atoms with Crippen molar-refractivity contribution in [2.75, 3.05) is 13.2 Å². The summed E-state index contributed by atoms with van der Waals surface area (Å²) < 4.78 is 39.5. The lowest BCUT2D eigenvalue weighted by Gasteiger charge is -2.28. The van der Waals surface area contributed by atoms with Crippen LogP contribution in [0.5, 0.6) is 0 Å². The fourth-order valence-electron chi connectivity index (χ4n) is 5.26. The highest BCUT2D eigenvalue weighted by atomic mass is 19.1. The molecule has 0 aromatic carbocycles. The molecule has 0 aromatic rings. The Balaban J connectivity index is 1.77. The quantitative estimate of drug-likeness (QED) is 0.390. The first kappa shape index (κ1) is 24.1. The first-order valence-corrected chi connectivity index (χ1v) is 11.3. The van der Waals surface area contributed by atoms with Crippen LogP contribution in [-0.4, -0.2) is 37.5 Å². The molecule has 168 valence electrons. The van der Waals surface area contributed by atoms with Gasteiger partial charge in [-0.05, 0) is 69.6 Å². The van der Waals surface area contributed by atoms with Crippen LogP contribution in [0, 0.1) is 22.7 Å². The minimum absolute atomic E-state index is 0.107. The molecule has 6 atom stereocenters. The smallest absolute Gasteiger partial charge is 0.312 e. The average Bonchev–Trinajstić information content (AvgIpc) is 3.18. The molecular formula is C23H38F2O4. The maximum absolute atomic E-state index is 14.7. The van der Waals surface area contributed by atoms with Crippen molar-refractivity contribution in [3.05, 3.63) is 0 Å². The molecule has 0 amide bonds. The van der Waals surface area contributed by atoms with Gasteiger partial charge in [0.25, 0.3) is 0 Å². The number of halogens is 2. The number of hydrogen-bond donors (Lipinski definition) is 0. The van der Waals surface area contributed by atoms with E-state index >= 15 is 0 Å². The summed E-state index contributed by atoms with van der Waals surface area (Å²) in [5, 5.41) is 0. The van der Waals surface area contributed by atoms with Crippen LogP contribution in [0.1, 0.15) is 85.5 Å². The zero-order valence-electron chi connectivity index (χ0n) is 18.5. The molecular weight excluding hydrogens is 378 g/mol. The highest BCUT2D eigenvalue weighted by Gasteiger charge is 2.45. The van der Waals surface area contributed by atoms with Gasteiger partial charge in [-0.3, -0.25) is 9.59 Å². The lowest BCUT2D eigenvalue weighted by Crippen LogP contribution is -2.30. The number of esters is 2. The second-order valence-corrected chi connectivity index (χ2v) is 9.56. The second kappa shape index (κ2) is 10.2. The van der Waals surface area contributed by atoms with E-state index in [1.165, 1.54) is 0 Å². The van der Waals surface area contributed by atoms with Gasteiger partial charge in [0, 0.05) is 0 Å². The third-order valence-electron chi connectivity index (χ3n) is 7.19. The predicted molar refractivity (Wildman–Crippen MR) is 108 cm³/mol. The highest BCUT2D eigenvalue weighted by molar-refractivity contribution is 5.79. The topological polar surface area (TPSA) is 52.6 Å². The van der Waals surface area contributed by atoms with Gasteiger partial charge in [0.15, 0.2) is 0 Å². The predicted octanol–water partition coefficient (Wildman–Crippen LogP) is 5.57. The minimum Gasteiger partial charge on any atom is -0.465 e. The standard InChI is InChI=1S/C23H38F2O4/c1-5-22(7-9-28-20(22)26)14-18(24)12-16(3)11-17(4)13-19(25)15-23(6-2)8-10-29-21(23)27/h16-19H,5-15H2,1-4H3. The van der Waals surface area contributed by atoms with Gasteiger partial charge in [0.1, 0.15) is 12.3 Å². The van der Waals surface area contributed by atoms with Gasteiger partial charge < -0.3 is 9.47 Å². The molecule has 29 heavy (non-hydrogen) atoms. The Morgan fingerprint density at radius 2 is 1.17 bits per heavy atom. The lowest BCUT2D eigenvalue weighted by atomic mass is 9.76. The molecule has 0 aliphatic carbocycles. The summed E-state index contributed by atoms with van der Waals surface area (Å²) in [6, 6.07) is 0. The van der Waals surface area contributed by atoms with Crippen LogP contribution in [0.25, 0.3) is 0 Å². The Morgan fingerprint density at radius 3 is 1.45 bits per heavy atom. The molecule has 2 heterocycles. The summed E-state index contributed by atoms with van der Waals surface area (Å²) in [6.07, 6.45) is 2.20. The Morgan fingerprint density at radius 1 is 0.793 bits per heavy atom. The highest BCUT2D eigenvalue weighted by Crippen LogP contribution is 2.41. The number of rotatable bonds is 12. The average molecular weight is 417 g/mol. The molecule has 4 nitrogen and oxygen atoms in total. The molecule has 2 fully saturated rings. The SMILES string of the molecule is CCC1(CC(F)CC(C)CC(C)CC(F)CC2(CC)CCOC2=O)CCOC1=O. The van der Waals surface area contributed by atoms with Gasteiger partial charge in [0.05, 0.1) is 24.0 Å². The van der Waals surface area contributed by atoms with Gasteiger partial charge in [-0.25, -0.2) is 8.78 Å². The molecule has 0 radical (unpaired) electrons. The molecule has 0 saturated carbocycles. The first-order valence-electron chi connectivity index (χ1n) is 11.3. The van der Waals surface area contributed by atoms with Gasteiger partial charge in [0.2, 0.25) is 0 Å². The Hall–Kier alpha value is -1.20. The molecule has 6 unspecified atom stereocenters. The number of carbonyl (C=O) groups is 2. The summed E-state index contributed by atoms with van der Waals surface area (Å²) in [5.74, 6) is -0.316. The van der Waals surface area contributed by atoms with E-state index in [9.17, 15) is 18.4 Å². The van der Waals surface area contributed by atoms with Crippen molar-refractivity contribution in [2.45, 2.75) is 97.8 Å². The number of hydrogen-bond acceptors (Lipinski definition) is 4. The van der Waals surface area contributed by atoms with Crippen LogP contribution < -0.4 is 0 Å². The summed E-state index contributed by atoms with van der Waals surface area (Å²) in [4.78, 5) is 24.0. The zero-order valence-corrected chi connectivity index (χ0v) is 18.5. The van der Waals surface area contributed by atoms with Gasteiger partial charge in [-0.15, -0.1) is 0 Å².